The van der Waals surface area contributed by atoms with Gasteiger partial charge < -0.3 is 14.8 Å². The first-order valence-corrected chi connectivity index (χ1v) is 10.0. The lowest BCUT2D eigenvalue weighted by Crippen LogP contribution is -2.16. The van der Waals surface area contributed by atoms with Gasteiger partial charge in [0.15, 0.2) is 11.2 Å². The SMILES string of the molecule is C#C/C=C\C(=N/C)c1oc2c(C(C)Nc3ccccc3C(=O)O)cc(C)cc2c(=O)c1C. The van der Waals surface area contributed by atoms with Crippen LogP contribution in [0.2, 0.25) is 0 Å². The van der Waals surface area contributed by atoms with Crippen molar-refractivity contribution in [1.29, 1.82) is 0 Å². The monoisotopic (exact) mass is 428 g/mol. The molecular formula is C26H24N2O4. The largest absolute Gasteiger partial charge is 0.478 e. The number of carboxylic acid groups (broad SMARTS) is 1. The third-order valence-electron chi connectivity index (χ3n) is 5.20. The summed E-state index contributed by atoms with van der Waals surface area (Å²) in [6, 6.07) is 10.0. The predicted octanol–water partition coefficient (Wildman–Crippen LogP) is 4.89. The third-order valence-corrected chi connectivity index (χ3v) is 5.20. The molecule has 0 bridgehead atoms. The molecule has 0 aliphatic carbocycles. The van der Waals surface area contributed by atoms with E-state index in [0.717, 1.165) is 11.1 Å². The van der Waals surface area contributed by atoms with Gasteiger partial charge in [-0.2, -0.15) is 0 Å². The van der Waals surface area contributed by atoms with Crippen LogP contribution in [-0.2, 0) is 0 Å². The highest BCUT2D eigenvalue weighted by atomic mass is 16.4. The van der Waals surface area contributed by atoms with Gasteiger partial charge in [0.1, 0.15) is 11.3 Å². The van der Waals surface area contributed by atoms with Crippen molar-refractivity contribution in [1.82, 2.24) is 0 Å². The highest BCUT2D eigenvalue weighted by Crippen LogP contribution is 2.30. The van der Waals surface area contributed by atoms with Crippen molar-refractivity contribution in [3.8, 4) is 12.3 Å². The topological polar surface area (TPSA) is 91.9 Å². The first-order valence-electron chi connectivity index (χ1n) is 10.0. The quantitative estimate of drug-likeness (QED) is 0.431. The Morgan fingerprint density at radius 3 is 2.66 bits per heavy atom. The number of allylic oxidation sites excluding steroid dienone is 2. The Balaban J connectivity index is 2.21. The molecule has 0 saturated carbocycles. The van der Waals surface area contributed by atoms with Crippen LogP contribution in [0.3, 0.4) is 0 Å². The lowest BCUT2D eigenvalue weighted by Gasteiger charge is -2.20. The van der Waals surface area contributed by atoms with Crippen LogP contribution in [0.25, 0.3) is 11.0 Å². The Hall–Kier alpha value is -4.11. The summed E-state index contributed by atoms with van der Waals surface area (Å²) >= 11 is 0. The zero-order valence-electron chi connectivity index (χ0n) is 18.4. The Morgan fingerprint density at radius 1 is 1.28 bits per heavy atom. The molecule has 3 rings (SSSR count). The minimum absolute atomic E-state index is 0.153. The Labute approximate surface area is 186 Å². The van der Waals surface area contributed by atoms with Crippen LogP contribution in [0.5, 0.6) is 0 Å². The van der Waals surface area contributed by atoms with Crippen molar-refractivity contribution in [2.24, 2.45) is 4.99 Å². The molecule has 0 saturated heterocycles. The molecule has 32 heavy (non-hydrogen) atoms. The first kappa shape index (κ1) is 22.6. The number of nitrogens with zero attached hydrogens (tertiary/aromatic N) is 1. The van der Waals surface area contributed by atoms with E-state index in [4.69, 9.17) is 10.8 Å². The maximum Gasteiger partial charge on any atom is 0.337 e. The Kier molecular flexibility index (Phi) is 6.60. The summed E-state index contributed by atoms with van der Waals surface area (Å²) in [4.78, 5) is 29.0. The van der Waals surface area contributed by atoms with Gasteiger partial charge in [-0.05, 0) is 56.7 Å². The molecule has 0 aliphatic heterocycles. The van der Waals surface area contributed by atoms with Gasteiger partial charge in [-0.3, -0.25) is 9.79 Å². The van der Waals surface area contributed by atoms with E-state index in [-0.39, 0.29) is 17.0 Å². The van der Waals surface area contributed by atoms with E-state index in [1.165, 1.54) is 12.1 Å². The lowest BCUT2D eigenvalue weighted by molar-refractivity contribution is 0.0698. The number of fused-ring (bicyclic) bond motifs is 1. The molecule has 0 radical (unpaired) electrons. The summed E-state index contributed by atoms with van der Waals surface area (Å²) in [6.45, 7) is 5.49. The van der Waals surface area contributed by atoms with Gasteiger partial charge in [0.25, 0.3) is 0 Å². The van der Waals surface area contributed by atoms with Crippen LogP contribution in [-0.4, -0.2) is 23.8 Å². The fourth-order valence-electron chi connectivity index (χ4n) is 3.62. The fourth-order valence-corrected chi connectivity index (χ4v) is 3.62. The number of benzene rings is 2. The van der Waals surface area contributed by atoms with Gasteiger partial charge >= 0.3 is 5.97 Å². The molecule has 0 fully saturated rings. The summed E-state index contributed by atoms with van der Waals surface area (Å²) < 4.78 is 6.24. The Morgan fingerprint density at radius 2 is 2.00 bits per heavy atom. The number of aryl methyl sites for hydroxylation is 1. The standard InChI is InChI=1S/C26H24N2O4/c1-6-7-11-22(27-5)24-16(3)23(29)20-14-15(2)13-19(25(20)32-24)17(4)28-21-12-9-8-10-18(21)26(30)31/h1,7-14,17,28H,2-5H3,(H,30,31)/b11-7-,27-22+. The van der Waals surface area contributed by atoms with E-state index in [1.54, 1.807) is 44.3 Å². The van der Waals surface area contributed by atoms with Gasteiger partial charge in [-0.15, -0.1) is 6.42 Å². The second-order valence-corrected chi connectivity index (χ2v) is 7.44. The summed E-state index contributed by atoms with van der Waals surface area (Å²) in [5.74, 6) is 1.74. The van der Waals surface area contributed by atoms with E-state index in [1.807, 2.05) is 19.9 Å². The molecular weight excluding hydrogens is 404 g/mol. The zero-order valence-corrected chi connectivity index (χ0v) is 18.4. The maximum absolute atomic E-state index is 13.2. The fraction of sp³-hybridized carbons (Fsp3) is 0.192. The number of nitrogens with one attached hydrogen (secondary N) is 1. The van der Waals surface area contributed by atoms with Crippen molar-refractivity contribution in [3.05, 3.63) is 86.8 Å². The van der Waals surface area contributed by atoms with Crippen LogP contribution in [0.4, 0.5) is 5.69 Å². The molecule has 162 valence electrons. The normalized spacial score (nSPS) is 12.7. The molecule has 3 aromatic rings. The Bertz CT molecular complexity index is 1360. The van der Waals surface area contributed by atoms with Crippen LogP contribution < -0.4 is 10.7 Å². The van der Waals surface area contributed by atoms with Crippen molar-refractivity contribution in [2.45, 2.75) is 26.8 Å². The van der Waals surface area contributed by atoms with E-state index in [9.17, 15) is 14.7 Å². The van der Waals surface area contributed by atoms with Crippen molar-refractivity contribution in [3.63, 3.8) is 0 Å². The number of carbonyl (C=O) groups is 1. The van der Waals surface area contributed by atoms with Gasteiger partial charge in [0.2, 0.25) is 0 Å². The summed E-state index contributed by atoms with van der Waals surface area (Å²) in [6.07, 6.45) is 8.44. The molecule has 1 aromatic heterocycles. The van der Waals surface area contributed by atoms with E-state index >= 15 is 0 Å². The maximum atomic E-state index is 13.2. The van der Waals surface area contributed by atoms with Gasteiger partial charge in [0, 0.05) is 23.9 Å². The minimum atomic E-state index is -1.03. The molecule has 0 amide bonds. The first-order chi connectivity index (χ1) is 15.3. The summed E-state index contributed by atoms with van der Waals surface area (Å²) in [7, 11) is 1.60. The molecule has 1 atom stereocenters. The summed E-state index contributed by atoms with van der Waals surface area (Å²) in [5.41, 5.74) is 3.43. The molecule has 2 aromatic carbocycles. The molecule has 1 heterocycles. The number of rotatable bonds is 6. The number of anilines is 1. The van der Waals surface area contributed by atoms with E-state index in [0.29, 0.717) is 33.7 Å². The zero-order chi connectivity index (χ0) is 23.4. The van der Waals surface area contributed by atoms with Crippen LogP contribution in [0.1, 0.15) is 45.8 Å². The molecule has 0 aliphatic rings. The third kappa shape index (κ3) is 4.33. The molecule has 6 nitrogen and oxygen atoms in total. The van der Waals surface area contributed by atoms with Gasteiger partial charge in [-0.1, -0.05) is 24.1 Å². The second kappa shape index (κ2) is 9.36. The van der Waals surface area contributed by atoms with Crippen LogP contribution in [0, 0.1) is 26.2 Å². The highest BCUT2D eigenvalue weighted by Gasteiger charge is 2.20. The smallest absolute Gasteiger partial charge is 0.337 e. The molecule has 1 unspecified atom stereocenters. The highest BCUT2D eigenvalue weighted by molar-refractivity contribution is 6.08. The van der Waals surface area contributed by atoms with Gasteiger partial charge in [-0.25, -0.2) is 4.79 Å². The number of carboxylic acids is 1. The number of aromatic carboxylic acids is 1. The van der Waals surface area contributed by atoms with E-state index < -0.39 is 5.97 Å². The number of terminal acetylenes is 1. The average Bonchev–Trinajstić information content (AvgIpc) is 2.77. The van der Waals surface area contributed by atoms with Crippen molar-refractivity contribution in [2.75, 3.05) is 12.4 Å². The number of para-hydroxylation sites is 1. The van der Waals surface area contributed by atoms with Crippen LogP contribution in [0.15, 0.2) is 62.8 Å². The summed E-state index contributed by atoms with van der Waals surface area (Å²) in [5, 5.41) is 13.2. The number of hydrogen-bond donors (Lipinski definition) is 2. The lowest BCUT2D eigenvalue weighted by atomic mass is 9.99. The predicted molar refractivity (Wildman–Crippen MR) is 128 cm³/mol. The van der Waals surface area contributed by atoms with Crippen LogP contribution >= 0.6 is 0 Å². The minimum Gasteiger partial charge on any atom is -0.478 e. The average molecular weight is 428 g/mol. The molecule has 6 heteroatoms. The molecule has 0 spiro atoms. The van der Waals surface area contributed by atoms with Gasteiger partial charge in [0.05, 0.1) is 17.0 Å². The second-order valence-electron chi connectivity index (χ2n) is 7.44. The number of aliphatic imine (C=N–C) groups is 1. The number of hydrogen-bond acceptors (Lipinski definition) is 5. The van der Waals surface area contributed by atoms with E-state index in [2.05, 4.69) is 16.2 Å². The van der Waals surface area contributed by atoms with Crippen molar-refractivity contribution < 1.29 is 14.3 Å². The van der Waals surface area contributed by atoms with Crippen molar-refractivity contribution >= 4 is 28.3 Å². The molecule has 2 N–H and O–H groups in total.